The molecule has 0 aromatic heterocycles. The van der Waals surface area contributed by atoms with Crippen molar-refractivity contribution < 1.29 is 13.2 Å². The summed E-state index contributed by atoms with van der Waals surface area (Å²) in [7, 11) is 0. The fourth-order valence-electron chi connectivity index (χ4n) is 3.41. The molecule has 0 radical (unpaired) electrons. The zero-order chi connectivity index (χ0) is 18.9. The standard InChI is InChI=1S/C20H18F3N3/c21-20(22,23)19(13-7-1-4-10-16(13)24,14-8-2-5-11-17(14)25)15-9-3-6-12-18(15)26/h1-12H,24-26H2. The van der Waals surface area contributed by atoms with Crippen LogP contribution in [0.2, 0.25) is 0 Å². The maximum atomic E-state index is 14.8. The van der Waals surface area contributed by atoms with Gasteiger partial charge in [0.2, 0.25) is 0 Å². The van der Waals surface area contributed by atoms with Crippen molar-refractivity contribution >= 4 is 17.1 Å². The van der Waals surface area contributed by atoms with Crippen LogP contribution in [0.25, 0.3) is 0 Å². The summed E-state index contributed by atoms with van der Waals surface area (Å²) in [4.78, 5) is 0. The van der Waals surface area contributed by atoms with E-state index in [1.54, 1.807) is 18.2 Å². The van der Waals surface area contributed by atoms with Crippen molar-refractivity contribution in [3.05, 3.63) is 89.5 Å². The Morgan fingerprint density at radius 2 is 0.769 bits per heavy atom. The first-order chi connectivity index (χ1) is 12.3. The van der Waals surface area contributed by atoms with E-state index in [1.165, 1.54) is 54.6 Å². The summed E-state index contributed by atoms with van der Waals surface area (Å²) in [5, 5.41) is 0. The van der Waals surface area contributed by atoms with Crippen LogP contribution in [0.3, 0.4) is 0 Å². The smallest absolute Gasteiger partial charge is 0.398 e. The van der Waals surface area contributed by atoms with Gasteiger partial charge >= 0.3 is 6.18 Å². The molecule has 6 heteroatoms. The topological polar surface area (TPSA) is 78.1 Å². The Balaban J connectivity index is 2.56. The van der Waals surface area contributed by atoms with E-state index in [9.17, 15) is 13.2 Å². The minimum Gasteiger partial charge on any atom is -0.398 e. The van der Waals surface area contributed by atoms with Gasteiger partial charge in [0.25, 0.3) is 0 Å². The van der Waals surface area contributed by atoms with Gasteiger partial charge in [-0.05, 0) is 34.9 Å². The molecular weight excluding hydrogens is 339 g/mol. The number of rotatable bonds is 3. The van der Waals surface area contributed by atoms with Crippen molar-refractivity contribution in [1.29, 1.82) is 0 Å². The third kappa shape index (κ3) is 2.54. The molecule has 0 aliphatic carbocycles. The number of anilines is 3. The van der Waals surface area contributed by atoms with E-state index in [4.69, 9.17) is 17.2 Å². The lowest BCUT2D eigenvalue weighted by Crippen LogP contribution is -2.46. The first-order valence-electron chi connectivity index (χ1n) is 7.92. The van der Waals surface area contributed by atoms with Crippen molar-refractivity contribution in [2.45, 2.75) is 11.6 Å². The Morgan fingerprint density at radius 3 is 1.00 bits per heavy atom. The van der Waals surface area contributed by atoms with Crippen LogP contribution in [0.4, 0.5) is 30.2 Å². The second kappa shape index (κ2) is 6.29. The van der Waals surface area contributed by atoms with Gasteiger partial charge < -0.3 is 17.2 Å². The van der Waals surface area contributed by atoms with E-state index >= 15 is 0 Å². The van der Waals surface area contributed by atoms with Gasteiger partial charge in [0, 0.05) is 17.1 Å². The summed E-state index contributed by atoms with van der Waals surface area (Å²) in [6, 6.07) is 17.7. The summed E-state index contributed by atoms with van der Waals surface area (Å²) in [5.41, 5.74) is 15.1. The number of alkyl halides is 3. The van der Waals surface area contributed by atoms with E-state index < -0.39 is 11.6 Å². The lowest BCUT2D eigenvalue weighted by molar-refractivity contribution is -0.166. The van der Waals surface area contributed by atoms with Crippen molar-refractivity contribution in [2.75, 3.05) is 17.2 Å². The quantitative estimate of drug-likeness (QED) is 0.482. The van der Waals surface area contributed by atoms with Crippen LogP contribution >= 0.6 is 0 Å². The minimum atomic E-state index is -4.74. The predicted octanol–water partition coefficient (Wildman–Crippen LogP) is 4.33. The highest BCUT2D eigenvalue weighted by molar-refractivity contribution is 5.71. The fraction of sp³-hybridized carbons (Fsp3) is 0.100. The van der Waals surface area contributed by atoms with Crippen molar-refractivity contribution in [2.24, 2.45) is 0 Å². The molecule has 3 aromatic carbocycles. The Morgan fingerprint density at radius 1 is 0.500 bits per heavy atom. The van der Waals surface area contributed by atoms with Gasteiger partial charge in [-0.15, -0.1) is 0 Å². The van der Waals surface area contributed by atoms with Crippen LogP contribution in [0.1, 0.15) is 16.7 Å². The molecule has 0 fully saturated rings. The zero-order valence-corrected chi connectivity index (χ0v) is 13.8. The molecule has 0 aliphatic heterocycles. The average molecular weight is 357 g/mol. The highest BCUT2D eigenvalue weighted by Gasteiger charge is 2.60. The molecular formula is C20H18F3N3. The number of halogens is 3. The molecule has 0 unspecified atom stereocenters. The van der Waals surface area contributed by atoms with Crippen LogP contribution in [0, 0.1) is 0 Å². The molecule has 0 atom stereocenters. The van der Waals surface area contributed by atoms with Gasteiger partial charge in [0.15, 0.2) is 0 Å². The number of nitrogens with two attached hydrogens (primary N) is 3. The summed E-state index contributed by atoms with van der Waals surface area (Å²) in [6.07, 6.45) is -4.74. The average Bonchev–Trinajstić information content (AvgIpc) is 2.59. The van der Waals surface area contributed by atoms with E-state index in [1.807, 2.05) is 0 Å². The largest absolute Gasteiger partial charge is 0.406 e. The van der Waals surface area contributed by atoms with Crippen LogP contribution < -0.4 is 17.2 Å². The highest BCUT2D eigenvalue weighted by Crippen LogP contribution is 2.55. The van der Waals surface area contributed by atoms with Gasteiger partial charge in [-0.1, -0.05) is 54.6 Å². The number of hydrogen-bond acceptors (Lipinski definition) is 3. The van der Waals surface area contributed by atoms with Gasteiger partial charge in [0.1, 0.15) is 5.41 Å². The minimum absolute atomic E-state index is 0.0105. The monoisotopic (exact) mass is 357 g/mol. The lowest BCUT2D eigenvalue weighted by atomic mass is 9.67. The van der Waals surface area contributed by atoms with Gasteiger partial charge in [-0.2, -0.15) is 13.2 Å². The second-order valence-electron chi connectivity index (χ2n) is 6.01. The third-order valence-corrected chi connectivity index (χ3v) is 4.52. The van der Waals surface area contributed by atoms with E-state index in [-0.39, 0.29) is 33.8 Å². The second-order valence-corrected chi connectivity index (χ2v) is 6.01. The van der Waals surface area contributed by atoms with Gasteiger partial charge in [-0.25, -0.2) is 0 Å². The maximum Gasteiger partial charge on any atom is 0.406 e. The first-order valence-corrected chi connectivity index (χ1v) is 7.92. The number of benzene rings is 3. The van der Waals surface area contributed by atoms with E-state index in [0.717, 1.165) is 0 Å². The SMILES string of the molecule is Nc1ccccc1C(c1ccccc1N)(c1ccccc1N)C(F)(F)F. The fourth-order valence-corrected chi connectivity index (χ4v) is 3.41. The summed E-state index contributed by atoms with van der Waals surface area (Å²) >= 11 is 0. The van der Waals surface area contributed by atoms with E-state index in [0.29, 0.717) is 0 Å². The predicted molar refractivity (Wildman–Crippen MR) is 98.5 cm³/mol. The summed E-state index contributed by atoms with van der Waals surface area (Å²) in [6.45, 7) is 0. The Labute approximate surface area is 149 Å². The third-order valence-electron chi connectivity index (χ3n) is 4.52. The lowest BCUT2D eigenvalue weighted by Gasteiger charge is -2.39. The molecule has 0 amide bonds. The Bertz CT molecular complexity index is 824. The molecule has 0 heterocycles. The number of nitrogen functional groups attached to an aromatic ring is 3. The van der Waals surface area contributed by atoms with Crippen molar-refractivity contribution in [3.8, 4) is 0 Å². The summed E-state index contributed by atoms with van der Waals surface area (Å²) < 4.78 is 44.4. The number of hydrogen-bond donors (Lipinski definition) is 3. The molecule has 26 heavy (non-hydrogen) atoms. The van der Waals surface area contributed by atoms with Crippen LogP contribution in [0.5, 0.6) is 0 Å². The molecule has 6 N–H and O–H groups in total. The molecule has 0 saturated heterocycles. The molecule has 3 aromatic rings. The molecule has 134 valence electrons. The van der Waals surface area contributed by atoms with Crippen LogP contribution in [-0.4, -0.2) is 6.18 Å². The molecule has 0 bridgehead atoms. The van der Waals surface area contributed by atoms with Crippen molar-refractivity contribution in [3.63, 3.8) is 0 Å². The van der Waals surface area contributed by atoms with Crippen molar-refractivity contribution in [1.82, 2.24) is 0 Å². The number of para-hydroxylation sites is 3. The molecule has 0 aliphatic rings. The normalized spacial score (nSPS) is 12.1. The molecule has 3 nitrogen and oxygen atoms in total. The first kappa shape index (κ1) is 17.7. The van der Waals surface area contributed by atoms with Crippen LogP contribution in [-0.2, 0) is 5.41 Å². The zero-order valence-electron chi connectivity index (χ0n) is 13.8. The summed E-state index contributed by atoms with van der Waals surface area (Å²) in [5.74, 6) is 0. The molecule has 0 saturated carbocycles. The van der Waals surface area contributed by atoms with Gasteiger partial charge in [-0.3, -0.25) is 0 Å². The maximum absolute atomic E-state index is 14.8. The van der Waals surface area contributed by atoms with Gasteiger partial charge in [0.05, 0.1) is 0 Å². The Kier molecular flexibility index (Phi) is 4.28. The molecule has 0 spiro atoms. The van der Waals surface area contributed by atoms with Crippen LogP contribution in [0.15, 0.2) is 72.8 Å². The highest BCUT2D eigenvalue weighted by atomic mass is 19.4. The van der Waals surface area contributed by atoms with E-state index in [2.05, 4.69) is 0 Å². The Hall–Kier alpha value is -3.15. The molecule has 3 rings (SSSR count).